The molecule has 0 rings (SSSR count). The summed E-state index contributed by atoms with van der Waals surface area (Å²) in [6.07, 6.45) is 19.2. The average molecular weight is 178 g/mol. The van der Waals surface area contributed by atoms with Crippen LogP contribution in [0.1, 0.15) is 46.0 Å². The highest BCUT2D eigenvalue weighted by atomic mass is 13.8. The maximum absolute atomic E-state index is 2.26. The summed E-state index contributed by atoms with van der Waals surface area (Å²) in [5, 5.41) is 0. The Morgan fingerprint density at radius 2 is 1.08 bits per heavy atom. The van der Waals surface area contributed by atoms with Crippen molar-refractivity contribution in [3.63, 3.8) is 0 Å². The lowest BCUT2D eigenvalue weighted by atomic mass is 10.2. The van der Waals surface area contributed by atoms with Crippen LogP contribution in [0.3, 0.4) is 0 Å². The fourth-order valence-electron chi connectivity index (χ4n) is 1.03. The van der Waals surface area contributed by atoms with E-state index in [1.165, 1.54) is 12.8 Å². The highest BCUT2D eigenvalue weighted by Gasteiger charge is 1.75. The molecule has 0 heteroatoms. The van der Waals surface area contributed by atoms with Gasteiger partial charge in [-0.25, -0.2) is 0 Å². The molecule has 0 atom stereocenters. The molecule has 0 saturated heterocycles. The van der Waals surface area contributed by atoms with Gasteiger partial charge >= 0.3 is 0 Å². The second kappa shape index (κ2) is 11.2. The van der Waals surface area contributed by atoms with Gasteiger partial charge in [-0.15, -0.1) is 0 Å². The van der Waals surface area contributed by atoms with Gasteiger partial charge in [0.05, 0.1) is 0 Å². The molecule has 0 spiro atoms. The first kappa shape index (κ1) is 12.2. The van der Waals surface area contributed by atoms with E-state index >= 15 is 0 Å². The number of hydrogen-bond acceptors (Lipinski definition) is 0. The van der Waals surface area contributed by atoms with Crippen LogP contribution in [0.25, 0.3) is 0 Å². The molecule has 0 fully saturated rings. The first-order valence-electron chi connectivity index (χ1n) is 5.36. The Balaban J connectivity index is 3.21. The topological polar surface area (TPSA) is 0 Å². The van der Waals surface area contributed by atoms with E-state index in [0.29, 0.717) is 0 Å². The Hall–Kier alpha value is -0.780. The molecule has 0 bridgehead atoms. The van der Waals surface area contributed by atoms with Crippen molar-refractivity contribution in [1.29, 1.82) is 0 Å². The summed E-state index contributed by atoms with van der Waals surface area (Å²) in [6, 6.07) is 0. The summed E-state index contributed by atoms with van der Waals surface area (Å²) in [6.45, 7) is 4.33. The van der Waals surface area contributed by atoms with Gasteiger partial charge in [0.15, 0.2) is 0 Å². The van der Waals surface area contributed by atoms with Crippen molar-refractivity contribution in [1.82, 2.24) is 0 Å². The summed E-state index contributed by atoms with van der Waals surface area (Å²) in [4.78, 5) is 0. The molecule has 0 radical (unpaired) electrons. The third-order valence-corrected chi connectivity index (χ3v) is 1.74. The maximum Gasteiger partial charge on any atom is -0.0169 e. The summed E-state index contributed by atoms with van der Waals surface area (Å²) < 4.78 is 0. The molecule has 0 aromatic carbocycles. The third kappa shape index (κ3) is 11.2. The van der Waals surface area contributed by atoms with Gasteiger partial charge in [0, 0.05) is 0 Å². The van der Waals surface area contributed by atoms with Crippen LogP contribution in [-0.2, 0) is 0 Å². The minimum absolute atomic E-state index is 1.09. The van der Waals surface area contributed by atoms with Gasteiger partial charge in [-0.2, -0.15) is 0 Å². The number of hydrogen-bond donors (Lipinski definition) is 0. The molecule has 74 valence electrons. The Bertz CT molecular complexity index is 161. The Labute approximate surface area is 83.0 Å². The van der Waals surface area contributed by atoms with Gasteiger partial charge in [0.2, 0.25) is 0 Å². The lowest BCUT2D eigenvalue weighted by Gasteiger charge is -1.86. The zero-order chi connectivity index (χ0) is 9.78. The van der Waals surface area contributed by atoms with E-state index < -0.39 is 0 Å². The molecular weight excluding hydrogens is 156 g/mol. The van der Waals surface area contributed by atoms with Gasteiger partial charge in [-0.1, -0.05) is 50.3 Å². The molecule has 0 aromatic heterocycles. The largest absolute Gasteiger partial charge is 0.0888 e. The van der Waals surface area contributed by atoms with E-state index in [1.54, 1.807) is 0 Å². The predicted molar refractivity (Wildman–Crippen MR) is 61.9 cm³/mol. The van der Waals surface area contributed by atoms with Crippen LogP contribution >= 0.6 is 0 Å². The lowest BCUT2D eigenvalue weighted by molar-refractivity contribution is 1.03. The quantitative estimate of drug-likeness (QED) is 0.393. The molecule has 13 heavy (non-hydrogen) atoms. The van der Waals surface area contributed by atoms with Crippen LogP contribution in [0.2, 0.25) is 0 Å². The summed E-state index contributed by atoms with van der Waals surface area (Å²) in [5.41, 5.74) is 0. The number of unbranched alkanes of at least 4 members (excludes halogenated alkanes) is 1. The third-order valence-electron chi connectivity index (χ3n) is 1.74. The van der Waals surface area contributed by atoms with Crippen LogP contribution < -0.4 is 0 Å². The number of rotatable bonds is 7. The minimum Gasteiger partial charge on any atom is -0.0888 e. The average Bonchev–Trinajstić information content (AvgIpc) is 2.16. The first-order valence-corrected chi connectivity index (χ1v) is 5.36. The monoisotopic (exact) mass is 178 g/mol. The van der Waals surface area contributed by atoms with Crippen molar-refractivity contribution < 1.29 is 0 Å². The van der Waals surface area contributed by atoms with E-state index in [4.69, 9.17) is 0 Å². The highest BCUT2D eigenvalue weighted by Crippen LogP contribution is 1.96. The SMILES string of the molecule is CCC=CCC=CCCC=CCC. The van der Waals surface area contributed by atoms with Crippen molar-refractivity contribution in [2.24, 2.45) is 0 Å². The van der Waals surface area contributed by atoms with E-state index in [1.807, 2.05) is 0 Å². The molecule has 0 aliphatic heterocycles. The van der Waals surface area contributed by atoms with Crippen molar-refractivity contribution in [3.05, 3.63) is 36.5 Å². The van der Waals surface area contributed by atoms with Crippen LogP contribution in [0, 0.1) is 0 Å². The van der Waals surface area contributed by atoms with Crippen molar-refractivity contribution >= 4 is 0 Å². The molecule has 0 aliphatic rings. The van der Waals surface area contributed by atoms with Crippen LogP contribution in [0.4, 0.5) is 0 Å². The zero-order valence-corrected chi connectivity index (χ0v) is 9.00. The molecule has 0 unspecified atom stereocenters. The van der Waals surface area contributed by atoms with Crippen LogP contribution in [-0.4, -0.2) is 0 Å². The second-order valence-electron chi connectivity index (χ2n) is 3.04. The van der Waals surface area contributed by atoms with Gasteiger partial charge in [0.1, 0.15) is 0 Å². The van der Waals surface area contributed by atoms with Crippen molar-refractivity contribution in [2.45, 2.75) is 46.0 Å². The second-order valence-corrected chi connectivity index (χ2v) is 3.04. The molecule has 0 aliphatic carbocycles. The predicted octanol–water partition coefficient (Wildman–Crippen LogP) is 4.65. The highest BCUT2D eigenvalue weighted by molar-refractivity contribution is 4.93. The molecule has 0 saturated carbocycles. The fourth-order valence-corrected chi connectivity index (χ4v) is 1.03. The van der Waals surface area contributed by atoms with Crippen molar-refractivity contribution in [3.8, 4) is 0 Å². The standard InChI is InChI=1S/C13H22/c1-3-5-7-9-11-13-12-10-8-6-4-2/h5-8,11,13H,3-4,9-10,12H2,1-2H3. The van der Waals surface area contributed by atoms with Gasteiger partial charge in [-0.05, 0) is 32.1 Å². The van der Waals surface area contributed by atoms with E-state index in [2.05, 4.69) is 50.3 Å². The fraction of sp³-hybridized carbons (Fsp3) is 0.538. The Kier molecular flexibility index (Phi) is 10.5. The van der Waals surface area contributed by atoms with Gasteiger partial charge in [-0.3, -0.25) is 0 Å². The van der Waals surface area contributed by atoms with Crippen LogP contribution in [0.5, 0.6) is 0 Å². The number of allylic oxidation sites excluding steroid dienone is 6. The normalized spacial score (nSPS) is 12.5. The van der Waals surface area contributed by atoms with Gasteiger partial charge < -0.3 is 0 Å². The first-order chi connectivity index (χ1) is 6.41. The molecule has 0 aromatic rings. The summed E-state index contributed by atoms with van der Waals surface area (Å²) >= 11 is 0. The van der Waals surface area contributed by atoms with E-state index in [9.17, 15) is 0 Å². The Morgan fingerprint density at radius 3 is 1.69 bits per heavy atom. The van der Waals surface area contributed by atoms with Crippen LogP contribution in [0.15, 0.2) is 36.5 Å². The molecule has 0 amide bonds. The minimum atomic E-state index is 1.09. The van der Waals surface area contributed by atoms with Crippen molar-refractivity contribution in [2.75, 3.05) is 0 Å². The maximum atomic E-state index is 2.26. The summed E-state index contributed by atoms with van der Waals surface area (Å²) in [7, 11) is 0. The summed E-state index contributed by atoms with van der Waals surface area (Å²) in [5.74, 6) is 0. The molecule has 0 heterocycles. The molecular formula is C13H22. The molecule has 0 N–H and O–H groups in total. The smallest absolute Gasteiger partial charge is 0.0169 e. The molecule has 0 nitrogen and oxygen atoms in total. The van der Waals surface area contributed by atoms with Gasteiger partial charge in [0.25, 0.3) is 0 Å². The zero-order valence-electron chi connectivity index (χ0n) is 9.00. The van der Waals surface area contributed by atoms with E-state index in [0.717, 1.165) is 19.3 Å². The lowest BCUT2D eigenvalue weighted by Crippen LogP contribution is -1.65. The Morgan fingerprint density at radius 1 is 0.615 bits per heavy atom. The van der Waals surface area contributed by atoms with E-state index in [-0.39, 0.29) is 0 Å².